The molecule has 15 nitrogen and oxygen atoms in total. The molecule has 0 heterocycles. The molecule has 0 aromatic rings. The monoisotopic (exact) mass is 263 g/mol. The zero-order chi connectivity index (χ0) is 14.1. The SMILES string of the molecule is N/N=C(N)/N=C(\N/N=C(\N)N[N+](=O)[O-])N[N+](=O)[O-]. The zero-order valence-corrected chi connectivity index (χ0v) is 8.60. The first-order valence-electron chi connectivity index (χ1n) is 3.88. The van der Waals surface area contributed by atoms with E-state index in [0.717, 1.165) is 0 Å². The summed E-state index contributed by atoms with van der Waals surface area (Å²) in [4.78, 5) is 23.4. The van der Waals surface area contributed by atoms with E-state index in [2.05, 4.69) is 15.2 Å². The number of nitrogens with zero attached hydrogens (tertiary/aromatic N) is 5. The zero-order valence-electron chi connectivity index (χ0n) is 8.60. The molecular formula is C3H9N11O4. The van der Waals surface area contributed by atoms with Crippen molar-refractivity contribution in [1.29, 1.82) is 0 Å². The van der Waals surface area contributed by atoms with Crippen LogP contribution in [0.5, 0.6) is 0 Å². The van der Waals surface area contributed by atoms with Crippen molar-refractivity contribution in [3.63, 3.8) is 0 Å². The predicted octanol–water partition coefficient (Wildman–Crippen LogP) is -4.09. The number of hydrazine groups is 2. The molecule has 0 aromatic carbocycles. The molecule has 0 aliphatic rings. The third-order valence-corrected chi connectivity index (χ3v) is 1.04. The highest BCUT2D eigenvalue weighted by Gasteiger charge is 2.07. The van der Waals surface area contributed by atoms with Crippen molar-refractivity contribution in [3.8, 4) is 0 Å². The Morgan fingerprint density at radius 3 is 2.11 bits per heavy atom. The minimum Gasteiger partial charge on any atom is -0.366 e. The molecule has 100 valence electrons. The Labute approximate surface area is 98.0 Å². The van der Waals surface area contributed by atoms with E-state index in [1.165, 1.54) is 10.9 Å². The number of hydrogen-bond acceptors (Lipinski definition) is 7. The maximum Gasteiger partial charge on any atom is 0.282 e. The van der Waals surface area contributed by atoms with Crippen molar-refractivity contribution in [3.05, 3.63) is 20.2 Å². The summed E-state index contributed by atoms with van der Waals surface area (Å²) in [7, 11) is 0. The molecule has 0 atom stereocenters. The molecule has 9 N–H and O–H groups in total. The molecule has 0 bridgehead atoms. The quantitative estimate of drug-likeness (QED) is 0.0944. The van der Waals surface area contributed by atoms with Crippen LogP contribution in [-0.4, -0.2) is 27.9 Å². The second-order valence-electron chi connectivity index (χ2n) is 2.29. The third-order valence-electron chi connectivity index (χ3n) is 1.04. The Bertz CT molecular complexity index is 411. The third kappa shape index (κ3) is 6.98. The number of nitrogens with one attached hydrogen (secondary N) is 3. The summed E-state index contributed by atoms with van der Waals surface area (Å²) < 4.78 is 0. The molecule has 18 heavy (non-hydrogen) atoms. The fourth-order valence-corrected chi connectivity index (χ4v) is 0.537. The molecule has 0 aromatic heterocycles. The van der Waals surface area contributed by atoms with E-state index >= 15 is 0 Å². The van der Waals surface area contributed by atoms with Gasteiger partial charge >= 0.3 is 0 Å². The molecule has 0 saturated heterocycles. The first kappa shape index (κ1) is 14.6. The van der Waals surface area contributed by atoms with Gasteiger partial charge < -0.3 is 17.3 Å². The number of hydrogen-bond donors (Lipinski definition) is 6. The predicted molar refractivity (Wildman–Crippen MR) is 58.3 cm³/mol. The van der Waals surface area contributed by atoms with E-state index in [0.29, 0.717) is 0 Å². The summed E-state index contributed by atoms with van der Waals surface area (Å²) in [5, 5.41) is 24.2. The first-order chi connectivity index (χ1) is 8.35. The maximum absolute atomic E-state index is 10.2. The van der Waals surface area contributed by atoms with Crippen LogP contribution in [0.3, 0.4) is 0 Å². The lowest BCUT2D eigenvalue weighted by molar-refractivity contribution is -0.526. The molecule has 15 heteroatoms. The van der Waals surface area contributed by atoms with Gasteiger partial charge in [-0.2, -0.15) is 4.99 Å². The highest BCUT2D eigenvalue weighted by Crippen LogP contribution is 1.74. The minimum absolute atomic E-state index is 0.511. The molecule has 0 fully saturated rings. The van der Waals surface area contributed by atoms with Gasteiger partial charge in [0.15, 0.2) is 10.1 Å². The van der Waals surface area contributed by atoms with Crippen LogP contribution in [0.15, 0.2) is 15.2 Å². The largest absolute Gasteiger partial charge is 0.366 e. The number of nitrogens with two attached hydrogens (primary N) is 3. The van der Waals surface area contributed by atoms with Crippen LogP contribution >= 0.6 is 0 Å². The summed E-state index contributed by atoms with van der Waals surface area (Å²) in [5.74, 6) is 2.94. The van der Waals surface area contributed by atoms with Gasteiger partial charge in [0, 0.05) is 0 Å². The van der Waals surface area contributed by atoms with Gasteiger partial charge in [0.25, 0.3) is 11.9 Å². The Morgan fingerprint density at radius 1 is 1.11 bits per heavy atom. The van der Waals surface area contributed by atoms with Crippen molar-refractivity contribution in [2.75, 3.05) is 0 Å². The maximum atomic E-state index is 10.2. The molecule has 0 radical (unpaired) electrons. The van der Waals surface area contributed by atoms with Gasteiger partial charge in [-0.15, -0.1) is 10.2 Å². The number of rotatable bonds is 3. The Kier molecular flexibility index (Phi) is 5.66. The van der Waals surface area contributed by atoms with Crippen LogP contribution in [0.1, 0.15) is 0 Å². The number of hydrazone groups is 2. The van der Waals surface area contributed by atoms with Crippen LogP contribution in [0.25, 0.3) is 0 Å². The lowest BCUT2D eigenvalue weighted by Crippen LogP contribution is -2.43. The van der Waals surface area contributed by atoms with Crippen LogP contribution in [0.2, 0.25) is 0 Å². The number of aliphatic imine (C=N–C) groups is 1. The fraction of sp³-hybridized carbons (Fsp3) is 0. The Morgan fingerprint density at radius 2 is 1.67 bits per heavy atom. The van der Waals surface area contributed by atoms with Crippen LogP contribution in [0.4, 0.5) is 0 Å². The van der Waals surface area contributed by atoms with Crippen molar-refractivity contribution in [2.45, 2.75) is 0 Å². The standard InChI is InChI=1S/C3H9N11O4/c4-1(8-6)7-3(12-14(17)18)10-9-2(5)11-13(15)16/h6H2,(H3,5,9,11)(H4,4,7,8,10,12). The van der Waals surface area contributed by atoms with Crippen molar-refractivity contribution < 1.29 is 10.1 Å². The molecule has 0 spiro atoms. The second kappa shape index (κ2) is 6.98. The normalized spacial score (nSPS) is 12.8. The van der Waals surface area contributed by atoms with Crippen molar-refractivity contribution >= 4 is 17.9 Å². The molecule has 0 unspecified atom stereocenters. The van der Waals surface area contributed by atoms with E-state index in [9.17, 15) is 20.2 Å². The molecule has 0 rings (SSSR count). The van der Waals surface area contributed by atoms with Gasteiger partial charge in [0.05, 0.1) is 0 Å². The average molecular weight is 263 g/mol. The number of guanidine groups is 3. The smallest absolute Gasteiger partial charge is 0.282 e. The Balaban J connectivity index is 4.75. The van der Waals surface area contributed by atoms with Crippen LogP contribution in [-0.2, 0) is 0 Å². The lowest BCUT2D eigenvalue weighted by Gasteiger charge is -2.02. The van der Waals surface area contributed by atoms with Crippen LogP contribution in [0, 0.1) is 20.2 Å². The molecule has 0 aliphatic heterocycles. The highest BCUT2D eigenvalue weighted by molar-refractivity contribution is 5.93. The Hall–Kier alpha value is -3.39. The van der Waals surface area contributed by atoms with Gasteiger partial charge in [-0.25, -0.2) is 25.7 Å². The van der Waals surface area contributed by atoms with Crippen molar-refractivity contribution in [1.82, 2.24) is 16.3 Å². The van der Waals surface area contributed by atoms with Gasteiger partial charge in [-0.1, -0.05) is 10.9 Å². The first-order valence-corrected chi connectivity index (χ1v) is 3.88. The van der Waals surface area contributed by atoms with E-state index in [1.54, 1.807) is 0 Å². The van der Waals surface area contributed by atoms with Gasteiger partial charge in [-0.3, -0.25) is 0 Å². The summed E-state index contributed by atoms with van der Waals surface area (Å²) in [6.07, 6.45) is 0. The van der Waals surface area contributed by atoms with Gasteiger partial charge in [0.1, 0.15) is 0 Å². The molecule has 0 aliphatic carbocycles. The average Bonchev–Trinajstić information content (AvgIpc) is 2.24. The van der Waals surface area contributed by atoms with Gasteiger partial charge in [0.2, 0.25) is 5.96 Å². The number of nitro groups is 2. The molecule has 0 amide bonds. The van der Waals surface area contributed by atoms with E-state index < -0.39 is 27.9 Å². The van der Waals surface area contributed by atoms with Gasteiger partial charge in [-0.05, 0) is 0 Å². The van der Waals surface area contributed by atoms with E-state index in [4.69, 9.17) is 17.3 Å². The summed E-state index contributed by atoms with van der Waals surface area (Å²) >= 11 is 0. The lowest BCUT2D eigenvalue weighted by atomic mass is 10.9. The summed E-state index contributed by atoms with van der Waals surface area (Å²) in [5.41, 5.74) is 15.0. The fourth-order valence-electron chi connectivity index (χ4n) is 0.537. The highest BCUT2D eigenvalue weighted by atomic mass is 16.7. The minimum atomic E-state index is -0.998. The molecular weight excluding hydrogens is 254 g/mol. The summed E-state index contributed by atoms with van der Waals surface area (Å²) in [6, 6.07) is 0. The topological polar surface area (TPSA) is 238 Å². The van der Waals surface area contributed by atoms with E-state index in [1.807, 2.05) is 5.43 Å². The van der Waals surface area contributed by atoms with Crippen LogP contribution < -0.4 is 33.6 Å². The molecule has 0 saturated carbocycles. The second-order valence-corrected chi connectivity index (χ2v) is 2.29. The van der Waals surface area contributed by atoms with E-state index in [-0.39, 0.29) is 0 Å². The summed E-state index contributed by atoms with van der Waals surface area (Å²) in [6.45, 7) is 0. The van der Waals surface area contributed by atoms with Crippen molar-refractivity contribution in [2.24, 2.45) is 32.5 Å².